The molecule has 1 spiro atoms. The minimum atomic E-state index is -0.383. The molecule has 1 aromatic carbocycles. The van der Waals surface area contributed by atoms with Crippen LogP contribution in [-0.4, -0.2) is 57.5 Å². The maximum absolute atomic E-state index is 13.9. The van der Waals surface area contributed by atoms with Crippen molar-refractivity contribution in [3.05, 3.63) is 53.9 Å². The third-order valence-corrected chi connectivity index (χ3v) is 5.63. The Morgan fingerprint density at radius 3 is 2.74 bits per heavy atom. The molecule has 27 heavy (non-hydrogen) atoms. The molecule has 2 aliphatic heterocycles. The first-order valence-corrected chi connectivity index (χ1v) is 9.48. The van der Waals surface area contributed by atoms with Crippen LogP contribution < -0.4 is 0 Å². The second-order valence-electron chi connectivity index (χ2n) is 7.47. The highest BCUT2D eigenvalue weighted by Gasteiger charge is 2.40. The number of hydrogen-bond donors (Lipinski definition) is 1. The molecular formula is C20H25FN4O2. The Bertz CT molecular complexity index is 772. The lowest BCUT2D eigenvalue weighted by Gasteiger charge is -2.40. The Hall–Kier alpha value is -2.25. The molecule has 0 aliphatic carbocycles. The van der Waals surface area contributed by atoms with Gasteiger partial charge in [0.1, 0.15) is 5.82 Å². The fourth-order valence-electron chi connectivity index (χ4n) is 3.99. The van der Waals surface area contributed by atoms with E-state index in [2.05, 4.69) is 14.9 Å². The van der Waals surface area contributed by atoms with Crippen molar-refractivity contribution < 1.29 is 13.9 Å². The highest BCUT2D eigenvalue weighted by molar-refractivity contribution is 5.77. The first-order chi connectivity index (χ1) is 13.1. The van der Waals surface area contributed by atoms with Gasteiger partial charge in [-0.3, -0.25) is 9.69 Å². The maximum Gasteiger partial charge on any atom is 0.225 e. The predicted octanol–water partition coefficient (Wildman–Crippen LogP) is 2.33. The number of piperidine rings is 1. The van der Waals surface area contributed by atoms with E-state index in [4.69, 9.17) is 4.74 Å². The van der Waals surface area contributed by atoms with E-state index in [1.54, 1.807) is 29.4 Å². The van der Waals surface area contributed by atoms with Gasteiger partial charge < -0.3 is 14.6 Å². The second kappa shape index (κ2) is 7.78. The van der Waals surface area contributed by atoms with E-state index in [0.717, 1.165) is 38.2 Å². The van der Waals surface area contributed by atoms with Gasteiger partial charge in [-0.1, -0.05) is 18.2 Å². The zero-order valence-electron chi connectivity index (χ0n) is 15.4. The molecule has 6 nitrogen and oxygen atoms in total. The molecule has 1 amide bonds. The van der Waals surface area contributed by atoms with Gasteiger partial charge in [0.25, 0.3) is 0 Å². The van der Waals surface area contributed by atoms with E-state index in [0.29, 0.717) is 31.7 Å². The van der Waals surface area contributed by atoms with Gasteiger partial charge in [-0.15, -0.1) is 0 Å². The number of aromatic amines is 1. The number of carbonyl (C=O) groups is 1. The average Bonchev–Trinajstić information content (AvgIpc) is 3.12. The summed E-state index contributed by atoms with van der Waals surface area (Å²) in [5.41, 5.74) is 1.27. The van der Waals surface area contributed by atoms with Crippen LogP contribution in [0.2, 0.25) is 0 Å². The lowest BCUT2D eigenvalue weighted by Crippen LogP contribution is -2.47. The third-order valence-electron chi connectivity index (χ3n) is 5.63. The van der Waals surface area contributed by atoms with E-state index < -0.39 is 0 Å². The molecule has 2 fully saturated rings. The Labute approximate surface area is 158 Å². The topological polar surface area (TPSA) is 61.5 Å². The number of nitrogens with one attached hydrogen (secondary N) is 1. The van der Waals surface area contributed by atoms with Crippen LogP contribution in [0.25, 0.3) is 0 Å². The molecule has 1 aromatic heterocycles. The molecule has 0 bridgehead atoms. The molecule has 1 N–H and O–H groups in total. The monoisotopic (exact) mass is 372 g/mol. The second-order valence-corrected chi connectivity index (χ2v) is 7.47. The SMILES string of the molecule is O=C1CC2(CCN(Cc3cnc[nH]3)CC2)OCCN1Cc1ccccc1F. The van der Waals surface area contributed by atoms with Crippen molar-refractivity contribution >= 4 is 5.91 Å². The lowest BCUT2D eigenvalue weighted by atomic mass is 9.87. The van der Waals surface area contributed by atoms with Crippen molar-refractivity contribution in [2.45, 2.75) is 38.0 Å². The lowest BCUT2D eigenvalue weighted by molar-refractivity contribution is -0.136. The van der Waals surface area contributed by atoms with Crippen molar-refractivity contribution in [1.29, 1.82) is 0 Å². The van der Waals surface area contributed by atoms with E-state index in [-0.39, 0.29) is 17.3 Å². The summed E-state index contributed by atoms with van der Waals surface area (Å²) in [6.45, 7) is 3.92. The van der Waals surface area contributed by atoms with Crippen LogP contribution in [-0.2, 0) is 22.6 Å². The zero-order chi connectivity index (χ0) is 18.7. The van der Waals surface area contributed by atoms with Gasteiger partial charge >= 0.3 is 0 Å². The average molecular weight is 372 g/mol. The molecule has 7 heteroatoms. The van der Waals surface area contributed by atoms with Gasteiger partial charge in [-0.2, -0.15) is 0 Å². The molecule has 0 radical (unpaired) electrons. The number of nitrogens with zero attached hydrogens (tertiary/aromatic N) is 3. The minimum Gasteiger partial charge on any atom is -0.373 e. The smallest absolute Gasteiger partial charge is 0.225 e. The summed E-state index contributed by atoms with van der Waals surface area (Å²) in [5, 5.41) is 0. The summed E-state index contributed by atoms with van der Waals surface area (Å²) in [7, 11) is 0. The summed E-state index contributed by atoms with van der Waals surface area (Å²) in [4.78, 5) is 24.1. The van der Waals surface area contributed by atoms with Gasteiger partial charge in [-0.05, 0) is 18.9 Å². The number of hydrogen-bond acceptors (Lipinski definition) is 4. The molecule has 144 valence electrons. The number of benzene rings is 1. The highest BCUT2D eigenvalue weighted by Crippen LogP contribution is 2.33. The zero-order valence-corrected chi connectivity index (χ0v) is 15.4. The number of aromatic nitrogens is 2. The molecule has 4 rings (SSSR count). The van der Waals surface area contributed by atoms with Crippen LogP contribution in [0, 0.1) is 5.82 Å². The summed E-state index contributed by atoms with van der Waals surface area (Å²) >= 11 is 0. The fraction of sp³-hybridized carbons (Fsp3) is 0.500. The summed E-state index contributed by atoms with van der Waals surface area (Å²) < 4.78 is 20.1. The molecular weight excluding hydrogens is 347 g/mol. The van der Waals surface area contributed by atoms with E-state index in [1.807, 2.05) is 6.20 Å². The quantitative estimate of drug-likeness (QED) is 0.895. The van der Waals surface area contributed by atoms with Crippen molar-refractivity contribution in [1.82, 2.24) is 19.8 Å². The number of H-pyrrole nitrogens is 1. The minimum absolute atomic E-state index is 0.0535. The molecule has 2 aliphatic rings. The van der Waals surface area contributed by atoms with Crippen LogP contribution in [0.5, 0.6) is 0 Å². The van der Waals surface area contributed by atoms with Gasteiger partial charge in [0.2, 0.25) is 5.91 Å². The van der Waals surface area contributed by atoms with Gasteiger partial charge in [0.05, 0.1) is 25.0 Å². The molecule has 3 heterocycles. The fourth-order valence-corrected chi connectivity index (χ4v) is 3.99. The molecule has 2 aromatic rings. The Balaban J connectivity index is 1.36. The normalized spacial score (nSPS) is 20.8. The van der Waals surface area contributed by atoms with Crippen LogP contribution in [0.1, 0.15) is 30.5 Å². The Morgan fingerprint density at radius 2 is 2.00 bits per heavy atom. The van der Waals surface area contributed by atoms with E-state index in [9.17, 15) is 9.18 Å². The largest absolute Gasteiger partial charge is 0.373 e. The Kier molecular flexibility index (Phi) is 5.22. The number of ether oxygens (including phenoxy) is 1. The van der Waals surface area contributed by atoms with E-state index in [1.165, 1.54) is 6.07 Å². The van der Waals surface area contributed by atoms with Crippen LogP contribution >= 0.6 is 0 Å². The summed E-state index contributed by atoms with van der Waals surface area (Å²) in [6.07, 6.45) is 5.58. The maximum atomic E-state index is 13.9. The predicted molar refractivity (Wildman–Crippen MR) is 98.2 cm³/mol. The third kappa shape index (κ3) is 4.20. The van der Waals surface area contributed by atoms with Crippen LogP contribution in [0.4, 0.5) is 4.39 Å². The number of imidazole rings is 1. The summed E-state index contributed by atoms with van der Waals surface area (Å²) in [6, 6.07) is 6.63. The number of likely N-dealkylation sites (tertiary alicyclic amines) is 1. The van der Waals surface area contributed by atoms with Crippen molar-refractivity contribution in [2.24, 2.45) is 0 Å². The molecule has 0 saturated carbocycles. The van der Waals surface area contributed by atoms with Crippen molar-refractivity contribution in [3.63, 3.8) is 0 Å². The van der Waals surface area contributed by atoms with E-state index >= 15 is 0 Å². The van der Waals surface area contributed by atoms with Crippen LogP contribution in [0.3, 0.4) is 0 Å². The summed E-state index contributed by atoms with van der Waals surface area (Å²) in [5.74, 6) is -0.213. The number of halogens is 1. The van der Waals surface area contributed by atoms with Gasteiger partial charge in [-0.25, -0.2) is 9.37 Å². The van der Waals surface area contributed by atoms with Crippen LogP contribution in [0.15, 0.2) is 36.8 Å². The number of amides is 1. The molecule has 0 atom stereocenters. The first-order valence-electron chi connectivity index (χ1n) is 9.48. The number of carbonyl (C=O) groups excluding carboxylic acids is 1. The highest BCUT2D eigenvalue weighted by atomic mass is 19.1. The number of rotatable bonds is 4. The van der Waals surface area contributed by atoms with Gasteiger partial charge in [0, 0.05) is 50.2 Å². The van der Waals surface area contributed by atoms with Crippen molar-refractivity contribution in [2.75, 3.05) is 26.2 Å². The van der Waals surface area contributed by atoms with Gasteiger partial charge in [0.15, 0.2) is 0 Å². The standard InChI is InChI=1S/C20H25FN4O2/c21-18-4-2-1-3-16(18)13-25-9-10-27-20(11-19(25)26)5-7-24(8-6-20)14-17-12-22-15-23-17/h1-4,12,15H,5-11,13-14H2,(H,22,23). The molecule has 2 saturated heterocycles. The van der Waals surface area contributed by atoms with Crippen molar-refractivity contribution in [3.8, 4) is 0 Å². The Morgan fingerprint density at radius 1 is 1.19 bits per heavy atom. The molecule has 0 unspecified atom stereocenters. The first kappa shape index (κ1) is 18.1.